The minimum atomic E-state index is -2.81. The standard InChI is InChI=1S/C24H36F2O3/c1-2-3-4-5-6-7-18-8-10-19(11-9-18)21-16-27-23(28-17-21)20-12-14-22(15-13-20)29-24(25)26/h12-15,18-19,21,23-24H,2-11,16-17H2,1H3/t18-,19-,21?,23?. The molecule has 1 saturated carbocycles. The van der Waals surface area contributed by atoms with Gasteiger partial charge in [-0.15, -0.1) is 0 Å². The topological polar surface area (TPSA) is 27.7 Å². The van der Waals surface area contributed by atoms with E-state index < -0.39 is 12.9 Å². The third-order valence-electron chi connectivity index (χ3n) is 6.57. The highest BCUT2D eigenvalue weighted by Gasteiger charge is 2.32. The van der Waals surface area contributed by atoms with E-state index in [1.165, 1.54) is 76.3 Å². The van der Waals surface area contributed by atoms with Crippen molar-refractivity contribution in [3.05, 3.63) is 29.8 Å². The Hall–Kier alpha value is -1.20. The molecule has 1 aliphatic heterocycles. The van der Waals surface area contributed by atoms with Crippen molar-refractivity contribution >= 4 is 0 Å². The average Bonchev–Trinajstić information content (AvgIpc) is 2.74. The van der Waals surface area contributed by atoms with E-state index in [9.17, 15) is 8.78 Å². The summed E-state index contributed by atoms with van der Waals surface area (Å²) in [6.45, 7) is 0.891. The molecule has 3 nitrogen and oxygen atoms in total. The van der Waals surface area contributed by atoms with E-state index in [0.717, 1.165) is 11.5 Å². The van der Waals surface area contributed by atoms with E-state index in [1.807, 2.05) is 0 Å². The zero-order valence-corrected chi connectivity index (χ0v) is 17.7. The van der Waals surface area contributed by atoms with Gasteiger partial charge in [0.25, 0.3) is 0 Å². The largest absolute Gasteiger partial charge is 0.435 e. The Morgan fingerprint density at radius 3 is 2.17 bits per heavy atom. The Labute approximate surface area is 174 Å². The van der Waals surface area contributed by atoms with Crippen LogP contribution in [0.1, 0.15) is 83.0 Å². The number of rotatable bonds is 10. The maximum Gasteiger partial charge on any atom is 0.387 e. The number of ether oxygens (including phenoxy) is 3. The predicted octanol–water partition coefficient (Wildman–Crippen LogP) is 7.12. The molecule has 0 unspecified atom stereocenters. The summed E-state index contributed by atoms with van der Waals surface area (Å²) in [5.74, 6) is 2.24. The molecule has 0 radical (unpaired) electrons. The molecule has 2 fully saturated rings. The molecule has 29 heavy (non-hydrogen) atoms. The van der Waals surface area contributed by atoms with E-state index in [1.54, 1.807) is 12.1 Å². The Kier molecular flexibility index (Phi) is 9.19. The van der Waals surface area contributed by atoms with Gasteiger partial charge in [0.15, 0.2) is 6.29 Å². The zero-order chi connectivity index (χ0) is 20.5. The fraction of sp³-hybridized carbons (Fsp3) is 0.750. The number of benzene rings is 1. The van der Waals surface area contributed by atoms with Crippen LogP contribution in [0.15, 0.2) is 24.3 Å². The number of hydrogen-bond acceptors (Lipinski definition) is 3. The Morgan fingerprint density at radius 2 is 1.55 bits per heavy atom. The van der Waals surface area contributed by atoms with Gasteiger partial charge in [0.2, 0.25) is 0 Å². The lowest BCUT2D eigenvalue weighted by atomic mass is 9.74. The highest BCUT2D eigenvalue weighted by atomic mass is 19.3. The molecule has 3 rings (SSSR count). The van der Waals surface area contributed by atoms with Crippen molar-refractivity contribution < 1.29 is 23.0 Å². The van der Waals surface area contributed by atoms with Gasteiger partial charge in [0.05, 0.1) is 13.2 Å². The van der Waals surface area contributed by atoms with Crippen molar-refractivity contribution in [1.82, 2.24) is 0 Å². The van der Waals surface area contributed by atoms with Crippen LogP contribution in [0.2, 0.25) is 0 Å². The fourth-order valence-electron chi connectivity index (χ4n) is 4.77. The second-order valence-electron chi connectivity index (χ2n) is 8.69. The molecule has 1 heterocycles. The summed E-state index contributed by atoms with van der Waals surface area (Å²) in [5.41, 5.74) is 0.844. The minimum absolute atomic E-state index is 0.152. The number of hydrogen-bond donors (Lipinski definition) is 0. The monoisotopic (exact) mass is 410 g/mol. The van der Waals surface area contributed by atoms with Crippen LogP contribution >= 0.6 is 0 Å². The molecule has 0 bridgehead atoms. The smallest absolute Gasteiger partial charge is 0.387 e. The van der Waals surface area contributed by atoms with E-state index in [2.05, 4.69) is 11.7 Å². The van der Waals surface area contributed by atoms with Crippen LogP contribution in [-0.2, 0) is 9.47 Å². The molecule has 0 aromatic heterocycles. The van der Waals surface area contributed by atoms with Crippen molar-refractivity contribution in [3.8, 4) is 5.75 Å². The van der Waals surface area contributed by atoms with E-state index in [0.29, 0.717) is 25.0 Å². The number of halogens is 2. The van der Waals surface area contributed by atoms with Gasteiger partial charge in [-0.3, -0.25) is 0 Å². The fourth-order valence-corrected chi connectivity index (χ4v) is 4.77. The molecule has 0 atom stereocenters. The van der Waals surface area contributed by atoms with Gasteiger partial charge in [-0.1, -0.05) is 70.4 Å². The normalized spacial score (nSPS) is 27.9. The lowest BCUT2D eigenvalue weighted by molar-refractivity contribution is -0.214. The summed E-state index contributed by atoms with van der Waals surface area (Å²) < 4.78 is 40.8. The summed E-state index contributed by atoms with van der Waals surface area (Å²) in [5, 5.41) is 0. The van der Waals surface area contributed by atoms with E-state index in [4.69, 9.17) is 9.47 Å². The van der Waals surface area contributed by atoms with Gasteiger partial charge in [0.1, 0.15) is 5.75 Å². The van der Waals surface area contributed by atoms with Gasteiger partial charge >= 0.3 is 6.61 Å². The highest BCUT2D eigenvalue weighted by Crippen LogP contribution is 2.39. The minimum Gasteiger partial charge on any atom is -0.435 e. The number of alkyl halides is 2. The molecule has 0 spiro atoms. The molecule has 164 valence electrons. The lowest BCUT2D eigenvalue weighted by Crippen LogP contribution is -2.34. The van der Waals surface area contributed by atoms with Crippen LogP contribution in [0, 0.1) is 17.8 Å². The third kappa shape index (κ3) is 7.21. The van der Waals surface area contributed by atoms with Crippen LogP contribution in [0.25, 0.3) is 0 Å². The van der Waals surface area contributed by atoms with Crippen molar-refractivity contribution in [2.24, 2.45) is 17.8 Å². The van der Waals surface area contributed by atoms with Crippen LogP contribution in [-0.4, -0.2) is 19.8 Å². The third-order valence-corrected chi connectivity index (χ3v) is 6.57. The van der Waals surface area contributed by atoms with Crippen LogP contribution in [0.5, 0.6) is 5.75 Å². The second kappa shape index (κ2) is 11.8. The first-order valence-corrected chi connectivity index (χ1v) is 11.4. The summed E-state index contributed by atoms with van der Waals surface area (Å²) in [6, 6.07) is 6.52. The summed E-state index contributed by atoms with van der Waals surface area (Å²) in [6.07, 6.45) is 13.2. The molecule has 1 aromatic rings. The van der Waals surface area contributed by atoms with E-state index in [-0.39, 0.29) is 5.75 Å². The molecule has 5 heteroatoms. The molecular formula is C24H36F2O3. The van der Waals surface area contributed by atoms with Gasteiger partial charge in [-0.05, 0) is 36.8 Å². The molecule has 1 aromatic carbocycles. The van der Waals surface area contributed by atoms with Crippen molar-refractivity contribution in [2.75, 3.05) is 13.2 Å². The molecule has 1 aliphatic carbocycles. The summed E-state index contributed by atoms with van der Waals surface area (Å²) >= 11 is 0. The molecular weight excluding hydrogens is 374 g/mol. The average molecular weight is 411 g/mol. The SMILES string of the molecule is CCCCCCC[C@H]1CC[C@H](C2COC(c3ccc(OC(F)F)cc3)OC2)CC1. The van der Waals surface area contributed by atoms with Gasteiger partial charge in [-0.2, -0.15) is 8.78 Å². The first kappa shape index (κ1) is 22.5. The van der Waals surface area contributed by atoms with Crippen molar-refractivity contribution in [3.63, 3.8) is 0 Å². The van der Waals surface area contributed by atoms with Crippen LogP contribution in [0.4, 0.5) is 8.78 Å². The molecule has 0 N–H and O–H groups in total. The van der Waals surface area contributed by atoms with Gasteiger partial charge in [-0.25, -0.2) is 0 Å². The maximum absolute atomic E-state index is 12.3. The van der Waals surface area contributed by atoms with E-state index >= 15 is 0 Å². The second-order valence-corrected chi connectivity index (χ2v) is 8.69. The molecule has 0 amide bonds. The first-order chi connectivity index (χ1) is 14.2. The maximum atomic E-state index is 12.3. The Balaban J connectivity index is 1.35. The molecule has 1 saturated heterocycles. The van der Waals surface area contributed by atoms with Gasteiger partial charge < -0.3 is 14.2 Å². The van der Waals surface area contributed by atoms with Crippen LogP contribution in [0.3, 0.4) is 0 Å². The Morgan fingerprint density at radius 1 is 0.897 bits per heavy atom. The predicted molar refractivity (Wildman–Crippen MR) is 110 cm³/mol. The summed E-state index contributed by atoms with van der Waals surface area (Å²) in [4.78, 5) is 0. The van der Waals surface area contributed by atoms with Crippen molar-refractivity contribution in [2.45, 2.75) is 84.0 Å². The summed E-state index contributed by atoms with van der Waals surface area (Å²) in [7, 11) is 0. The first-order valence-electron chi connectivity index (χ1n) is 11.4. The Bertz CT molecular complexity index is 562. The quantitative estimate of drug-likeness (QED) is 0.384. The van der Waals surface area contributed by atoms with Gasteiger partial charge in [0, 0.05) is 11.5 Å². The molecule has 2 aliphatic rings. The zero-order valence-electron chi connectivity index (χ0n) is 17.7. The van der Waals surface area contributed by atoms with Crippen molar-refractivity contribution in [1.29, 1.82) is 0 Å². The number of unbranched alkanes of at least 4 members (excludes halogenated alkanes) is 4. The lowest BCUT2D eigenvalue weighted by Gasteiger charge is -2.38. The van der Waals surface area contributed by atoms with Crippen LogP contribution < -0.4 is 4.74 Å². The highest BCUT2D eigenvalue weighted by molar-refractivity contribution is 5.28.